The highest BCUT2D eigenvalue weighted by atomic mass is 31.2. The highest BCUT2D eigenvalue weighted by molar-refractivity contribution is 7.47. The highest BCUT2D eigenvalue weighted by Gasteiger charge is 2.35. The van der Waals surface area contributed by atoms with Gasteiger partial charge in [0, 0.05) is 24.2 Å². The Labute approximate surface area is 129 Å². The molecule has 0 fully saturated rings. The minimum Gasteiger partial charge on any atom is -0.332 e. The molecule has 0 spiro atoms. The van der Waals surface area contributed by atoms with Crippen molar-refractivity contribution in [1.82, 2.24) is 9.34 Å². The van der Waals surface area contributed by atoms with Gasteiger partial charge in [-0.3, -0.25) is 0 Å². The zero-order valence-electron chi connectivity index (χ0n) is 15.2. The maximum Gasteiger partial charge on any atom is 0.188 e. The number of nitrogens with zero attached hydrogens (tertiary/aromatic N) is 2. The van der Waals surface area contributed by atoms with Crippen LogP contribution in [0.4, 0.5) is 0 Å². The maximum absolute atomic E-state index is 6.25. The van der Waals surface area contributed by atoms with Gasteiger partial charge in [0.05, 0.1) is 6.61 Å². The molecule has 0 bridgehead atoms. The first-order valence-electron chi connectivity index (χ1n) is 8.31. The molecule has 0 aliphatic carbocycles. The van der Waals surface area contributed by atoms with Gasteiger partial charge in [0.15, 0.2) is 8.45 Å². The predicted molar refractivity (Wildman–Crippen MR) is 92.0 cm³/mol. The molecule has 0 N–H and O–H groups in total. The second-order valence-corrected chi connectivity index (χ2v) is 7.82. The molecule has 0 radical (unpaired) electrons. The van der Waals surface area contributed by atoms with Gasteiger partial charge in [0.2, 0.25) is 0 Å². The van der Waals surface area contributed by atoms with E-state index in [1.165, 1.54) is 0 Å². The summed E-state index contributed by atoms with van der Waals surface area (Å²) in [7, 11) is -0.690. The van der Waals surface area contributed by atoms with Crippen molar-refractivity contribution in [2.75, 3.05) is 6.61 Å². The van der Waals surface area contributed by atoms with Crippen molar-refractivity contribution in [3.8, 4) is 0 Å². The molecular weight excluding hydrogens is 267 g/mol. The minimum atomic E-state index is -0.690. The van der Waals surface area contributed by atoms with Gasteiger partial charge >= 0.3 is 0 Å². The smallest absolute Gasteiger partial charge is 0.188 e. The van der Waals surface area contributed by atoms with Crippen molar-refractivity contribution in [3.05, 3.63) is 0 Å². The van der Waals surface area contributed by atoms with Crippen LogP contribution in [0.2, 0.25) is 0 Å². The molecule has 4 heteroatoms. The summed E-state index contributed by atoms with van der Waals surface area (Å²) in [4.78, 5) is 0. The molecule has 0 aromatic carbocycles. The molecule has 2 unspecified atom stereocenters. The Morgan fingerprint density at radius 1 is 0.750 bits per heavy atom. The third kappa shape index (κ3) is 5.60. The van der Waals surface area contributed by atoms with E-state index in [-0.39, 0.29) is 0 Å². The van der Waals surface area contributed by atoms with E-state index in [4.69, 9.17) is 4.52 Å². The van der Waals surface area contributed by atoms with Crippen LogP contribution in [0.3, 0.4) is 0 Å². The van der Waals surface area contributed by atoms with E-state index in [0.29, 0.717) is 24.2 Å². The fourth-order valence-electron chi connectivity index (χ4n) is 2.49. The third-order valence-electron chi connectivity index (χ3n) is 3.78. The van der Waals surface area contributed by atoms with Crippen LogP contribution in [-0.2, 0) is 4.52 Å². The van der Waals surface area contributed by atoms with Gasteiger partial charge in [0.1, 0.15) is 0 Å². The fraction of sp³-hybridized carbons (Fsp3) is 1.00. The molecule has 0 saturated carbocycles. The number of rotatable bonds is 10. The van der Waals surface area contributed by atoms with Gasteiger partial charge in [-0.15, -0.1) is 0 Å². The van der Waals surface area contributed by atoms with E-state index in [1.54, 1.807) is 0 Å². The van der Waals surface area contributed by atoms with Crippen molar-refractivity contribution in [2.24, 2.45) is 0 Å². The predicted octanol–water partition coefficient (Wildman–Crippen LogP) is 5.27. The van der Waals surface area contributed by atoms with Crippen LogP contribution >= 0.6 is 8.45 Å². The molecule has 0 saturated heterocycles. The molecular formula is C16H37N2OP. The van der Waals surface area contributed by atoms with Crippen LogP contribution in [0.15, 0.2) is 0 Å². The second kappa shape index (κ2) is 10.1. The average Bonchev–Trinajstić information content (AvgIpc) is 2.37. The maximum atomic E-state index is 6.25. The summed E-state index contributed by atoms with van der Waals surface area (Å²) >= 11 is 0. The lowest BCUT2D eigenvalue weighted by molar-refractivity contribution is 0.178. The van der Waals surface area contributed by atoms with Crippen molar-refractivity contribution < 1.29 is 4.52 Å². The minimum absolute atomic E-state index is 0.507. The van der Waals surface area contributed by atoms with E-state index >= 15 is 0 Å². The highest BCUT2D eigenvalue weighted by Crippen LogP contribution is 2.51. The van der Waals surface area contributed by atoms with Crippen LogP contribution in [0.1, 0.15) is 75.2 Å². The molecule has 0 aromatic heterocycles. The number of hydrogen-bond acceptors (Lipinski definition) is 3. The first kappa shape index (κ1) is 20.3. The molecule has 3 nitrogen and oxygen atoms in total. The van der Waals surface area contributed by atoms with E-state index in [2.05, 4.69) is 71.7 Å². The van der Waals surface area contributed by atoms with Crippen molar-refractivity contribution >= 4 is 8.45 Å². The summed E-state index contributed by atoms with van der Waals surface area (Å²) in [5.74, 6) is 0. The zero-order valence-corrected chi connectivity index (χ0v) is 16.1. The van der Waals surface area contributed by atoms with Gasteiger partial charge in [0.25, 0.3) is 0 Å². The van der Waals surface area contributed by atoms with E-state index in [9.17, 15) is 0 Å². The third-order valence-corrected chi connectivity index (χ3v) is 6.77. The van der Waals surface area contributed by atoms with Crippen LogP contribution in [0.5, 0.6) is 0 Å². The van der Waals surface area contributed by atoms with Gasteiger partial charge in [-0.1, -0.05) is 13.8 Å². The Hall–Kier alpha value is 0.310. The van der Waals surface area contributed by atoms with Crippen LogP contribution in [0.25, 0.3) is 0 Å². The number of hydrogen-bond donors (Lipinski definition) is 0. The Bertz CT molecular complexity index is 227. The Morgan fingerprint density at radius 3 is 1.30 bits per heavy atom. The van der Waals surface area contributed by atoms with E-state index in [1.807, 2.05) is 0 Å². The summed E-state index contributed by atoms with van der Waals surface area (Å²) < 4.78 is 11.4. The van der Waals surface area contributed by atoms with Crippen LogP contribution < -0.4 is 0 Å². The second-order valence-electron chi connectivity index (χ2n) is 6.13. The summed E-state index contributed by atoms with van der Waals surface area (Å²) in [5, 5.41) is 0. The molecule has 2 atom stereocenters. The van der Waals surface area contributed by atoms with Crippen LogP contribution in [-0.4, -0.2) is 40.1 Å². The van der Waals surface area contributed by atoms with Crippen molar-refractivity contribution in [2.45, 2.75) is 99.3 Å². The van der Waals surface area contributed by atoms with Crippen molar-refractivity contribution in [3.63, 3.8) is 0 Å². The average molecular weight is 304 g/mol. The van der Waals surface area contributed by atoms with Crippen molar-refractivity contribution in [1.29, 1.82) is 0 Å². The van der Waals surface area contributed by atoms with Crippen LogP contribution in [0, 0.1) is 0 Å². The van der Waals surface area contributed by atoms with Gasteiger partial charge in [-0.05, 0) is 61.3 Å². The molecule has 0 aliphatic heterocycles. The lowest BCUT2D eigenvalue weighted by atomic mass is 10.2. The Morgan fingerprint density at radius 2 is 1.10 bits per heavy atom. The first-order chi connectivity index (χ1) is 9.31. The standard InChI is InChI=1S/C16H37N2OP/c1-10-15(8)17(13(4)5)20(19-12-3)18(14(6)7)16(9)11-2/h13-16H,10-12H2,1-9H3. The van der Waals surface area contributed by atoms with E-state index in [0.717, 1.165) is 19.4 Å². The molecule has 0 heterocycles. The normalized spacial score (nSPS) is 17.2. The lowest BCUT2D eigenvalue weighted by Crippen LogP contribution is -2.44. The molecule has 20 heavy (non-hydrogen) atoms. The van der Waals surface area contributed by atoms with E-state index < -0.39 is 8.45 Å². The zero-order chi connectivity index (χ0) is 15.9. The van der Waals surface area contributed by atoms with Gasteiger partial charge in [-0.25, -0.2) is 9.34 Å². The summed E-state index contributed by atoms with van der Waals surface area (Å²) in [5.41, 5.74) is 0. The molecule has 0 aliphatic rings. The summed E-state index contributed by atoms with van der Waals surface area (Å²) in [6.45, 7) is 21.2. The molecule has 0 amide bonds. The molecule has 0 aromatic rings. The monoisotopic (exact) mass is 304 g/mol. The largest absolute Gasteiger partial charge is 0.332 e. The van der Waals surface area contributed by atoms with Gasteiger partial charge in [-0.2, -0.15) is 0 Å². The quantitative estimate of drug-likeness (QED) is 0.511. The Balaban J connectivity index is 5.41. The SMILES string of the molecule is CCOP(N(C(C)C)C(C)CC)N(C(C)C)C(C)CC. The summed E-state index contributed by atoms with van der Waals surface area (Å²) in [6.07, 6.45) is 2.33. The fourth-order valence-corrected chi connectivity index (χ4v) is 5.02. The molecule has 122 valence electrons. The topological polar surface area (TPSA) is 15.7 Å². The molecule has 0 rings (SSSR count). The Kier molecular flexibility index (Phi) is 10.3. The van der Waals surface area contributed by atoms with Gasteiger partial charge < -0.3 is 4.52 Å². The first-order valence-corrected chi connectivity index (χ1v) is 9.47. The lowest BCUT2D eigenvalue weighted by Gasteiger charge is -2.46. The summed E-state index contributed by atoms with van der Waals surface area (Å²) in [6, 6.07) is 2.12.